The molecule has 7 heteroatoms. The highest BCUT2D eigenvalue weighted by Crippen LogP contribution is 2.20. The molecule has 0 bridgehead atoms. The number of nitrogens with one attached hydrogen (secondary N) is 1. The first-order valence-electron chi connectivity index (χ1n) is 5.19. The number of halogens is 2. The van der Waals surface area contributed by atoms with Crippen molar-refractivity contribution in [3.05, 3.63) is 44.1 Å². The fourth-order valence-corrected chi connectivity index (χ4v) is 3.09. The number of hydrogen-bond acceptors (Lipinski definition) is 4. The van der Waals surface area contributed by atoms with Crippen LogP contribution in [0.5, 0.6) is 0 Å². The van der Waals surface area contributed by atoms with Crippen LogP contribution in [-0.4, -0.2) is 14.6 Å². The summed E-state index contributed by atoms with van der Waals surface area (Å²) < 4.78 is 2.76. The van der Waals surface area contributed by atoms with Crippen LogP contribution in [0.1, 0.15) is 4.88 Å². The molecule has 1 N–H and O–H groups in total. The molecule has 0 saturated heterocycles. The lowest BCUT2D eigenvalue weighted by molar-refractivity contribution is 0.952. The second kappa shape index (κ2) is 4.87. The molecule has 92 valence electrons. The highest BCUT2D eigenvalue weighted by Gasteiger charge is 2.04. The quantitative estimate of drug-likeness (QED) is 0.786. The fraction of sp³-hybridized carbons (Fsp3) is 0.0909. The van der Waals surface area contributed by atoms with Gasteiger partial charge in [-0.2, -0.15) is 4.98 Å². The first-order chi connectivity index (χ1) is 8.70. The minimum absolute atomic E-state index is 0.599. The molecule has 3 aromatic heterocycles. The van der Waals surface area contributed by atoms with E-state index in [0.29, 0.717) is 17.5 Å². The van der Waals surface area contributed by atoms with Gasteiger partial charge in [0.25, 0.3) is 0 Å². The van der Waals surface area contributed by atoms with Crippen LogP contribution in [0.15, 0.2) is 34.2 Å². The van der Waals surface area contributed by atoms with Crippen molar-refractivity contribution < 1.29 is 0 Å². The minimum atomic E-state index is 0.599. The van der Waals surface area contributed by atoms with Gasteiger partial charge in [0.05, 0.1) is 11.6 Å². The number of fused-ring (bicyclic) bond motifs is 1. The molecule has 0 aliphatic rings. The maximum atomic E-state index is 5.89. The highest BCUT2D eigenvalue weighted by atomic mass is 79.9. The SMILES string of the molecule is Clc1ccc2nc(NCc3cc(Br)cs3)nn2c1. The summed E-state index contributed by atoms with van der Waals surface area (Å²) in [5.74, 6) is 0.599. The van der Waals surface area contributed by atoms with Crippen LogP contribution in [0, 0.1) is 0 Å². The zero-order valence-electron chi connectivity index (χ0n) is 9.10. The summed E-state index contributed by atoms with van der Waals surface area (Å²) in [6.07, 6.45) is 1.73. The average molecular weight is 344 g/mol. The van der Waals surface area contributed by atoms with Crippen LogP contribution < -0.4 is 5.32 Å². The van der Waals surface area contributed by atoms with E-state index in [2.05, 4.69) is 37.4 Å². The van der Waals surface area contributed by atoms with Gasteiger partial charge in [-0.25, -0.2) is 4.52 Å². The first-order valence-corrected chi connectivity index (χ1v) is 7.24. The maximum absolute atomic E-state index is 5.89. The summed E-state index contributed by atoms with van der Waals surface area (Å²) in [6, 6.07) is 5.71. The topological polar surface area (TPSA) is 42.2 Å². The third-order valence-corrected chi connectivity index (χ3v) is 4.26. The van der Waals surface area contributed by atoms with Crippen molar-refractivity contribution in [1.29, 1.82) is 0 Å². The molecule has 0 spiro atoms. The van der Waals surface area contributed by atoms with Crippen molar-refractivity contribution in [1.82, 2.24) is 14.6 Å². The largest absolute Gasteiger partial charge is 0.348 e. The van der Waals surface area contributed by atoms with Crippen molar-refractivity contribution in [3.63, 3.8) is 0 Å². The molecule has 0 atom stereocenters. The second-order valence-corrected chi connectivity index (χ2v) is 6.02. The number of thiophene rings is 1. The fourth-order valence-electron chi connectivity index (χ4n) is 1.55. The minimum Gasteiger partial charge on any atom is -0.348 e. The molecule has 0 saturated carbocycles. The normalized spacial score (nSPS) is 11.0. The van der Waals surface area contributed by atoms with Gasteiger partial charge in [-0.1, -0.05) is 11.6 Å². The van der Waals surface area contributed by atoms with Gasteiger partial charge in [-0.15, -0.1) is 16.4 Å². The van der Waals surface area contributed by atoms with E-state index in [-0.39, 0.29) is 0 Å². The van der Waals surface area contributed by atoms with Gasteiger partial charge in [0.15, 0.2) is 5.65 Å². The average Bonchev–Trinajstić information content (AvgIpc) is 2.92. The monoisotopic (exact) mass is 342 g/mol. The van der Waals surface area contributed by atoms with Crippen molar-refractivity contribution in [2.24, 2.45) is 0 Å². The van der Waals surface area contributed by atoms with Gasteiger partial charge in [-0.05, 0) is 34.1 Å². The smallest absolute Gasteiger partial charge is 0.243 e. The molecule has 0 aliphatic heterocycles. The van der Waals surface area contributed by atoms with E-state index in [4.69, 9.17) is 11.6 Å². The Balaban J connectivity index is 1.78. The Morgan fingerprint density at radius 1 is 1.44 bits per heavy atom. The summed E-state index contributed by atoms with van der Waals surface area (Å²) in [4.78, 5) is 5.57. The molecular formula is C11H8BrClN4S. The predicted octanol–water partition coefficient (Wildman–Crippen LogP) is 3.82. The van der Waals surface area contributed by atoms with E-state index in [9.17, 15) is 0 Å². The number of aromatic nitrogens is 3. The Hall–Kier alpha value is -1.11. The lowest BCUT2D eigenvalue weighted by atomic mass is 10.5. The van der Waals surface area contributed by atoms with E-state index in [1.807, 2.05) is 11.4 Å². The summed E-state index contributed by atoms with van der Waals surface area (Å²) in [5, 5.41) is 10.2. The van der Waals surface area contributed by atoms with Crippen molar-refractivity contribution in [2.75, 3.05) is 5.32 Å². The van der Waals surface area contributed by atoms with Gasteiger partial charge in [-0.3, -0.25) is 0 Å². The Bertz CT molecular complexity index is 693. The Morgan fingerprint density at radius 2 is 2.33 bits per heavy atom. The third kappa shape index (κ3) is 2.50. The zero-order valence-corrected chi connectivity index (χ0v) is 12.3. The summed E-state index contributed by atoms with van der Waals surface area (Å²) >= 11 is 11.0. The number of anilines is 1. The molecule has 0 aromatic carbocycles. The van der Waals surface area contributed by atoms with Crippen LogP contribution in [0.25, 0.3) is 5.65 Å². The van der Waals surface area contributed by atoms with Crippen molar-refractivity contribution in [2.45, 2.75) is 6.54 Å². The molecule has 18 heavy (non-hydrogen) atoms. The third-order valence-electron chi connectivity index (χ3n) is 2.34. The zero-order chi connectivity index (χ0) is 12.5. The molecular weight excluding hydrogens is 336 g/mol. The van der Waals surface area contributed by atoms with E-state index in [1.165, 1.54) is 4.88 Å². The van der Waals surface area contributed by atoms with E-state index < -0.39 is 0 Å². The van der Waals surface area contributed by atoms with Crippen molar-refractivity contribution in [3.8, 4) is 0 Å². The molecule has 3 aromatic rings. The molecule has 0 amide bonds. The highest BCUT2D eigenvalue weighted by molar-refractivity contribution is 9.10. The number of pyridine rings is 1. The van der Waals surface area contributed by atoms with Crippen LogP contribution in [0.4, 0.5) is 5.95 Å². The molecule has 0 unspecified atom stereocenters. The lowest BCUT2D eigenvalue weighted by Gasteiger charge is -1.97. The maximum Gasteiger partial charge on any atom is 0.243 e. The number of hydrogen-bond donors (Lipinski definition) is 1. The standard InChI is InChI=1S/C11H8BrClN4S/c12-7-3-9(18-6-7)4-14-11-15-10-2-1-8(13)5-17(10)16-11/h1-3,5-6H,4H2,(H,14,16). The molecule has 4 nitrogen and oxygen atoms in total. The molecule has 0 aliphatic carbocycles. The van der Waals surface area contributed by atoms with Gasteiger partial charge < -0.3 is 5.32 Å². The van der Waals surface area contributed by atoms with E-state index >= 15 is 0 Å². The van der Waals surface area contributed by atoms with Gasteiger partial charge >= 0.3 is 0 Å². The second-order valence-electron chi connectivity index (χ2n) is 3.67. The Labute approximate surface area is 121 Å². The summed E-state index contributed by atoms with van der Waals surface area (Å²) in [6.45, 7) is 0.709. The molecule has 0 radical (unpaired) electrons. The Morgan fingerprint density at radius 3 is 3.11 bits per heavy atom. The predicted molar refractivity (Wildman–Crippen MR) is 77.3 cm³/mol. The molecule has 3 heterocycles. The van der Waals surface area contributed by atoms with Gasteiger partial charge in [0.2, 0.25) is 5.95 Å². The van der Waals surface area contributed by atoms with Crippen LogP contribution in [0.3, 0.4) is 0 Å². The Kier molecular flexibility index (Phi) is 3.23. The van der Waals surface area contributed by atoms with E-state index in [0.717, 1.165) is 10.1 Å². The van der Waals surface area contributed by atoms with Crippen molar-refractivity contribution >= 4 is 50.5 Å². The number of rotatable bonds is 3. The van der Waals surface area contributed by atoms with Crippen LogP contribution in [-0.2, 0) is 6.54 Å². The summed E-state index contributed by atoms with van der Waals surface area (Å²) in [5.41, 5.74) is 0.772. The van der Waals surface area contributed by atoms with Gasteiger partial charge in [0.1, 0.15) is 0 Å². The van der Waals surface area contributed by atoms with Gasteiger partial charge in [0, 0.05) is 20.9 Å². The lowest BCUT2D eigenvalue weighted by Crippen LogP contribution is -1.99. The van der Waals surface area contributed by atoms with Crippen LogP contribution >= 0.6 is 38.9 Å². The first kappa shape index (κ1) is 12.0. The number of nitrogens with zero attached hydrogens (tertiary/aromatic N) is 3. The van der Waals surface area contributed by atoms with E-state index in [1.54, 1.807) is 28.1 Å². The van der Waals surface area contributed by atoms with Crippen LogP contribution in [0.2, 0.25) is 5.02 Å². The summed E-state index contributed by atoms with van der Waals surface area (Å²) in [7, 11) is 0. The molecule has 0 fully saturated rings. The molecule has 3 rings (SSSR count).